The third-order valence-corrected chi connectivity index (χ3v) is 6.48. The van der Waals surface area contributed by atoms with E-state index in [4.69, 9.17) is 15.2 Å². The van der Waals surface area contributed by atoms with E-state index in [0.717, 1.165) is 47.3 Å². The van der Waals surface area contributed by atoms with Gasteiger partial charge in [-0.25, -0.2) is 14.3 Å². The average Bonchev–Trinajstić information content (AvgIpc) is 3.30. The van der Waals surface area contributed by atoms with Crippen molar-refractivity contribution in [2.45, 2.75) is 40.5 Å². The maximum Gasteiger partial charge on any atom is 0.156 e. The van der Waals surface area contributed by atoms with Crippen LogP contribution in [0.25, 0.3) is 11.6 Å². The predicted molar refractivity (Wildman–Crippen MR) is 136 cm³/mol. The predicted octanol–water partition coefficient (Wildman–Crippen LogP) is 5.87. The number of nitrogens with zero attached hydrogens (tertiary/aromatic N) is 5. The summed E-state index contributed by atoms with van der Waals surface area (Å²) in [6, 6.07) is 27.1. The van der Waals surface area contributed by atoms with Crippen molar-refractivity contribution in [1.29, 1.82) is 0 Å². The van der Waals surface area contributed by atoms with Gasteiger partial charge in [-0.05, 0) is 51.0 Å². The summed E-state index contributed by atoms with van der Waals surface area (Å²) in [6.45, 7) is 8.38. The van der Waals surface area contributed by atoms with Crippen molar-refractivity contribution < 1.29 is 0 Å². The van der Waals surface area contributed by atoms with Gasteiger partial charge in [-0.3, -0.25) is 0 Å². The molecule has 0 aliphatic heterocycles. The number of hydrogen-bond acceptors (Lipinski definition) is 3. The number of hydrogen-bond donors (Lipinski definition) is 0. The quantitative estimate of drug-likeness (QED) is 0.327. The van der Waals surface area contributed by atoms with Crippen LogP contribution in [0, 0.1) is 27.7 Å². The first-order valence-corrected chi connectivity index (χ1v) is 11.7. The summed E-state index contributed by atoms with van der Waals surface area (Å²) in [5.74, 6) is 1.60. The van der Waals surface area contributed by atoms with Crippen LogP contribution in [0.3, 0.4) is 0 Å². The maximum atomic E-state index is 4.96. The summed E-state index contributed by atoms with van der Waals surface area (Å²) >= 11 is 0. The normalized spacial score (nSPS) is 11.2. The summed E-state index contributed by atoms with van der Waals surface area (Å²) in [7, 11) is 0. The van der Waals surface area contributed by atoms with Gasteiger partial charge in [0.05, 0.1) is 11.4 Å². The Morgan fingerprint density at radius 3 is 1.35 bits per heavy atom. The standard InChI is InChI=1S/C29H29N5/c1-20-26(18-24-12-7-5-8-13-24)22(3)33(31-20)28-16-11-17-29(30-28)34-23(4)27(21(2)32-34)19-25-14-9-6-10-15-25/h5-17H,18-19H2,1-4H3. The van der Waals surface area contributed by atoms with Gasteiger partial charge >= 0.3 is 0 Å². The molecule has 3 heterocycles. The molecule has 2 aromatic carbocycles. The van der Waals surface area contributed by atoms with Gasteiger partial charge in [-0.15, -0.1) is 0 Å². The molecule has 5 nitrogen and oxygen atoms in total. The van der Waals surface area contributed by atoms with Crippen molar-refractivity contribution in [2.24, 2.45) is 0 Å². The lowest BCUT2D eigenvalue weighted by Crippen LogP contribution is -2.08. The van der Waals surface area contributed by atoms with Crippen LogP contribution in [-0.2, 0) is 12.8 Å². The smallest absolute Gasteiger partial charge is 0.156 e. The van der Waals surface area contributed by atoms with Crippen molar-refractivity contribution in [1.82, 2.24) is 24.5 Å². The van der Waals surface area contributed by atoms with E-state index in [9.17, 15) is 0 Å². The SMILES string of the molecule is Cc1nn(-c2cccc(-n3nc(C)c(Cc4ccccc4)c3C)n2)c(C)c1Cc1ccccc1. The molecule has 34 heavy (non-hydrogen) atoms. The van der Waals surface area contributed by atoms with Gasteiger partial charge in [-0.2, -0.15) is 10.2 Å². The molecule has 0 bridgehead atoms. The highest BCUT2D eigenvalue weighted by Crippen LogP contribution is 2.23. The molecule has 0 saturated heterocycles. The van der Waals surface area contributed by atoms with Crippen LogP contribution < -0.4 is 0 Å². The highest BCUT2D eigenvalue weighted by Gasteiger charge is 2.17. The first kappa shape index (κ1) is 21.8. The Labute approximate surface area is 200 Å². The second-order valence-corrected chi connectivity index (χ2v) is 8.80. The average molecular weight is 448 g/mol. The topological polar surface area (TPSA) is 48.5 Å². The van der Waals surface area contributed by atoms with Gasteiger partial charge in [0, 0.05) is 35.4 Å². The number of aromatic nitrogens is 5. The van der Waals surface area contributed by atoms with E-state index in [-0.39, 0.29) is 0 Å². The third-order valence-electron chi connectivity index (χ3n) is 6.48. The van der Waals surface area contributed by atoms with Crippen LogP contribution in [0.4, 0.5) is 0 Å². The molecule has 170 valence electrons. The highest BCUT2D eigenvalue weighted by atomic mass is 15.4. The minimum atomic E-state index is 0.801. The van der Waals surface area contributed by atoms with Crippen LogP contribution in [0.2, 0.25) is 0 Å². The fraction of sp³-hybridized carbons (Fsp3) is 0.207. The van der Waals surface area contributed by atoms with Gasteiger partial charge in [-0.1, -0.05) is 66.7 Å². The van der Waals surface area contributed by atoms with E-state index < -0.39 is 0 Å². The zero-order chi connectivity index (χ0) is 23.7. The van der Waals surface area contributed by atoms with Crippen molar-refractivity contribution in [3.63, 3.8) is 0 Å². The summed E-state index contributed by atoms with van der Waals surface area (Å²) in [4.78, 5) is 4.96. The Kier molecular flexibility index (Phi) is 5.84. The van der Waals surface area contributed by atoms with Crippen LogP contribution in [0.1, 0.15) is 45.0 Å². The summed E-state index contributed by atoms with van der Waals surface area (Å²) in [6.07, 6.45) is 1.72. The summed E-state index contributed by atoms with van der Waals surface area (Å²) in [5.41, 5.74) is 9.35. The molecule has 5 heteroatoms. The van der Waals surface area contributed by atoms with Gasteiger partial charge in [0.1, 0.15) is 0 Å². The molecule has 0 N–H and O–H groups in total. The molecule has 0 aliphatic rings. The second kappa shape index (κ2) is 9.10. The van der Waals surface area contributed by atoms with E-state index >= 15 is 0 Å². The fourth-order valence-electron chi connectivity index (χ4n) is 4.56. The largest absolute Gasteiger partial charge is 0.219 e. The highest BCUT2D eigenvalue weighted by molar-refractivity contribution is 5.41. The molecule has 0 atom stereocenters. The zero-order valence-electron chi connectivity index (χ0n) is 20.2. The fourth-order valence-corrected chi connectivity index (χ4v) is 4.56. The van der Waals surface area contributed by atoms with Crippen LogP contribution >= 0.6 is 0 Å². The van der Waals surface area contributed by atoms with Crippen LogP contribution in [0.15, 0.2) is 78.9 Å². The van der Waals surface area contributed by atoms with E-state index in [1.807, 2.05) is 39.7 Å². The van der Waals surface area contributed by atoms with Gasteiger partial charge in [0.15, 0.2) is 11.6 Å². The Bertz CT molecular complexity index is 1320. The molecule has 0 unspecified atom stereocenters. The Balaban J connectivity index is 1.48. The summed E-state index contributed by atoms with van der Waals surface area (Å²) in [5, 5.41) is 9.67. The summed E-state index contributed by atoms with van der Waals surface area (Å²) < 4.78 is 3.90. The Morgan fingerprint density at radius 2 is 0.941 bits per heavy atom. The van der Waals surface area contributed by atoms with E-state index in [0.29, 0.717) is 0 Å². The molecule has 0 saturated carbocycles. The van der Waals surface area contributed by atoms with Crippen molar-refractivity contribution in [2.75, 3.05) is 0 Å². The molecule has 0 aliphatic carbocycles. The number of rotatable bonds is 6. The molecule has 3 aromatic heterocycles. The second-order valence-electron chi connectivity index (χ2n) is 8.80. The maximum absolute atomic E-state index is 4.96. The van der Waals surface area contributed by atoms with E-state index in [2.05, 4.69) is 76.2 Å². The number of aryl methyl sites for hydroxylation is 2. The minimum Gasteiger partial charge on any atom is -0.219 e. The lowest BCUT2D eigenvalue weighted by atomic mass is 10.0. The molecular formula is C29H29N5. The molecule has 0 spiro atoms. The van der Waals surface area contributed by atoms with Gasteiger partial charge < -0.3 is 0 Å². The lowest BCUT2D eigenvalue weighted by Gasteiger charge is -2.09. The molecule has 0 radical (unpaired) electrons. The van der Waals surface area contributed by atoms with Gasteiger partial charge in [0.2, 0.25) is 0 Å². The molecule has 0 amide bonds. The zero-order valence-corrected chi connectivity index (χ0v) is 20.2. The molecular weight excluding hydrogens is 418 g/mol. The first-order valence-electron chi connectivity index (χ1n) is 11.7. The van der Waals surface area contributed by atoms with Gasteiger partial charge in [0.25, 0.3) is 0 Å². The van der Waals surface area contributed by atoms with Crippen molar-refractivity contribution in [3.05, 3.63) is 124 Å². The van der Waals surface area contributed by atoms with Crippen molar-refractivity contribution >= 4 is 0 Å². The third kappa shape index (κ3) is 4.17. The van der Waals surface area contributed by atoms with Crippen LogP contribution in [-0.4, -0.2) is 24.5 Å². The van der Waals surface area contributed by atoms with E-state index in [1.54, 1.807) is 0 Å². The Hall–Kier alpha value is -3.99. The molecule has 5 rings (SSSR count). The monoisotopic (exact) mass is 447 g/mol. The van der Waals surface area contributed by atoms with Crippen LogP contribution in [0.5, 0.6) is 0 Å². The Morgan fingerprint density at radius 1 is 0.529 bits per heavy atom. The number of benzene rings is 2. The number of pyridine rings is 1. The molecule has 5 aromatic rings. The minimum absolute atomic E-state index is 0.801. The first-order chi connectivity index (χ1) is 16.5. The molecule has 0 fully saturated rings. The van der Waals surface area contributed by atoms with E-state index in [1.165, 1.54) is 22.3 Å². The lowest BCUT2D eigenvalue weighted by molar-refractivity contribution is 0.767. The van der Waals surface area contributed by atoms with Crippen molar-refractivity contribution in [3.8, 4) is 11.6 Å².